The van der Waals surface area contributed by atoms with Crippen LogP contribution in [0, 0.1) is 12.3 Å². The summed E-state index contributed by atoms with van der Waals surface area (Å²) in [5, 5.41) is 12.2. The lowest BCUT2D eigenvalue weighted by atomic mass is 10.2. The first-order chi connectivity index (χ1) is 8.19. The van der Waals surface area contributed by atoms with Gasteiger partial charge in [-0.2, -0.15) is 4.98 Å². The van der Waals surface area contributed by atoms with Crippen LogP contribution in [0.3, 0.4) is 0 Å². The molecule has 2 rings (SSSR count). The van der Waals surface area contributed by atoms with Crippen LogP contribution in [0.1, 0.15) is 5.56 Å². The standard InChI is InChI=1S/C12H10N4O/c1-2-8-7-14-12(13)16-11(8)15-9-3-5-10(17)6-4-9/h1,3-7,17H,(H3,13,14,15,16). The highest BCUT2D eigenvalue weighted by Gasteiger charge is 2.04. The van der Waals surface area contributed by atoms with Crippen LogP contribution in [0.25, 0.3) is 0 Å². The van der Waals surface area contributed by atoms with E-state index in [-0.39, 0.29) is 11.7 Å². The van der Waals surface area contributed by atoms with E-state index in [1.54, 1.807) is 24.3 Å². The first-order valence-electron chi connectivity index (χ1n) is 4.84. The van der Waals surface area contributed by atoms with E-state index in [2.05, 4.69) is 21.2 Å². The molecule has 0 atom stereocenters. The van der Waals surface area contributed by atoms with E-state index >= 15 is 0 Å². The molecule has 0 aliphatic rings. The van der Waals surface area contributed by atoms with Gasteiger partial charge in [0.05, 0.1) is 11.8 Å². The summed E-state index contributed by atoms with van der Waals surface area (Å²) in [6.45, 7) is 0. The Morgan fingerprint density at radius 1 is 1.29 bits per heavy atom. The number of benzene rings is 1. The Bertz CT molecular complexity index is 572. The van der Waals surface area contributed by atoms with Gasteiger partial charge in [-0.25, -0.2) is 4.98 Å². The molecule has 0 spiro atoms. The van der Waals surface area contributed by atoms with Gasteiger partial charge < -0.3 is 16.2 Å². The number of rotatable bonds is 2. The van der Waals surface area contributed by atoms with E-state index in [0.717, 1.165) is 5.69 Å². The van der Waals surface area contributed by atoms with Crippen LogP contribution in [-0.4, -0.2) is 15.1 Å². The van der Waals surface area contributed by atoms with E-state index in [1.807, 2.05) is 0 Å². The minimum Gasteiger partial charge on any atom is -0.508 e. The van der Waals surface area contributed by atoms with Gasteiger partial charge in [0.1, 0.15) is 5.75 Å². The van der Waals surface area contributed by atoms with E-state index in [0.29, 0.717) is 11.4 Å². The summed E-state index contributed by atoms with van der Waals surface area (Å²) in [7, 11) is 0. The molecule has 1 heterocycles. The van der Waals surface area contributed by atoms with Crippen molar-refractivity contribution in [1.82, 2.24) is 9.97 Å². The SMILES string of the molecule is C#Cc1cnc(N)nc1Nc1ccc(O)cc1. The summed E-state index contributed by atoms with van der Waals surface area (Å²) in [6, 6.07) is 6.52. The number of hydrogen-bond acceptors (Lipinski definition) is 5. The van der Waals surface area contributed by atoms with Crippen molar-refractivity contribution in [3.05, 3.63) is 36.0 Å². The molecule has 1 aromatic heterocycles. The van der Waals surface area contributed by atoms with Crippen molar-refractivity contribution in [1.29, 1.82) is 0 Å². The fourth-order valence-electron chi connectivity index (χ4n) is 1.28. The molecule has 84 valence electrons. The van der Waals surface area contributed by atoms with E-state index in [4.69, 9.17) is 17.3 Å². The lowest BCUT2D eigenvalue weighted by Crippen LogP contribution is -2.02. The highest BCUT2D eigenvalue weighted by atomic mass is 16.3. The largest absolute Gasteiger partial charge is 0.508 e. The van der Waals surface area contributed by atoms with Gasteiger partial charge >= 0.3 is 0 Å². The predicted octanol–water partition coefficient (Wildman–Crippen LogP) is 1.49. The quantitative estimate of drug-likeness (QED) is 0.533. The number of nitrogens with zero attached hydrogens (tertiary/aromatic N) is 2. The maximum atomic E-state index is 9.16. The normalized spacial score (nSPS) is 9.59. The zero-order valence-corrected chi connectivity index (χ0v) is 8.88. The van der Waals surface area contributed by atoms with Crippen LogP contribution in [-0.2, 0) is 0 Å². The molecule has 0 radical (unpaired) electrons. The number of nitrogens with two attached hydrogens (primary N) is 1. The predicted molar refractivity (Wildman–Crippen MR) is 65.8 cm³/mol. The number of hydrogen-bond donors (Lipinski definition) is 3. The van der Waals surface area contributed by atoms with Crippen molar-refractivity contribution in [2.45, 2.75) is 0 Å². The highest BCUT2D eigenvalue weighted by molar-refractivity contribution is 5.64. The number of nitrogen functional groups attached to an aromatic ring is 1. The van der Waals surface area contributed by atoms with Crippen molar-refractivity contribution in [3.8, 4) is 18.1 Å². The van der Waals surface area contributed by atoms with Crippen molar-refractivity contribution < 1.29 is 5.11 Å². The van der Waals surface area contributed by atoms with Gasteiger partial charge in [0.2, 0.25) is 5.95 Å². The van der Waals surface area contributed by atoms with E-state index in [9.17, 15) is 0 Å². The monoisotopic (exact) mass is 226 g/mol. The zero-order valence-electron chi connectivity index (χ0n) is 8.88. The molecule has 0 bridgehead atoms. The summed E-state index contributed by atoms with van der Waals surface area (Å²) in [6.07, 6.45) is 6.80. The minimum atomic E-state index is 0.144. The molecule has 17 heavy (non-hydrogen) atoms. The number of nitrogens with one attached hydrogen (secondary N) is 1. The van der Waals surface area contributed by atoms with Gasteiger partial charge in [-0.1, -0.05) is 5.92 Å². The summed E-state index contributed by atoms with van der Waals surface area (Å²) in [5.74, 6) is 3.26. The molecule has 2 aromatic rings. The molecule has 5 nitrogen and oxygen atoms in total. The van der Waals surface area contributed by atoms with E-state index < -0.39 is 0 Å². The number of phenolic OH excluding ortho intramolecular Hbond substituents is 1. The number of terminal acetylenes is 1. The molecule has 4 N–H and O–H groups in total. The molecule has 0 aliphatic heterocycles. The van der Waals surface area contributed by atoms with Crippen molar-refractivity contribution in [2.24, 2.45) is 0 Å². The number of aromatic hydroxyl groups is 1. The van der Waals surface area contributed by atoms with Crippen molar-refractivity contribution >= 4 is 17.5 Å². The molecule has 0 saturated carbocycles. The summed E-state index contributed by atoms with van der Waals surface area (Å²) in [4.78, 5) is 7.82. The van der Waals surface area contributed by atoms with Gasteiger partial charge in [0.15, 0.2) is 5.82 Å². The lowest BCUT2D eigenvalue weighted by molar-refractivity contribution is 0.475. The third-order valence-electron chi connectivity index (χ3n) is 2.09. The molecule has 0 aliphatic carbocycles. The second-order valence-corrected chi connectivity index (χ2v) is 3.31. The molecule has 0 fully saturated rings. The van der Waals surface area contributed by atoms with Crippen LogP contribution >= 0.6 is 0 Å². The van der Waals surface area contributed by atoms with Crippen molar-refractivity contribution in [3.63, 3.8) is 0 Å². The number of phenols is 1. The third-order valence-corrected chi connectivity index (χ3v) is 2.09. The fourth-order valence-corrected chi connectivity index (χ4v) is 1.28. The summed E-state index contributed by atoms with van der Waals surface area (Å²) < 4.78 is 0. The molecular weight excluding hydrogens is 216 g/mol. The van der Waals surface area contributed by atoms with Crippen LogP contribution in [0.4, 0.5) is 17.5 Å². The maximum Gasteiger partial charge on any atom is 0.222 e. The molecule has 0 saturated heterocycles. The summed E-state index contributed by atoms with van der Waals surface area (Å²) in [5.41, 5.74) is 6.76. The number of aromatic nitrogens is 2. The Kier molecular flexibility index (Phi) is 2.79. The Balaban J connectivity index is 2.32. The highest BCUT2D eigenvalue weighted by Crippen LogP contribution is 2.20. The Labute approximate surface area is 98.3 Å². The van der Waals surface area contributed by atoms with Gasteiger partial charge in [0, 0.05) is 5.69 Å². The van der Waals surface area contributed by atoms with E-state index in [1.165, 1.54) is 6.20 Å². The second kappa shape index (κ2) is 4.41. The molecule has 0 amide bonds. The Morgan fingerprint density at radius 2 is 2.00 bits per heavy atom. The molecule has 1 aromatic carbocycles. The van der Waals surface area contributed by atoms with Gasteiger partial charge in [0.25, 0.3) is 0 Å². The van der Waals surface area contributed by atoms with Crippen LogP contribution in [0.15, 0.2) is 30.5 Å². The topological polar surface area (TPSA) is 84.1 Å². The Morgan fingerprint density at radius 3 is 2.65 bits per heavy atom. The van der Waals surface area contributed by atoms with Crippen LogP contribution < -0.4 is 11.1 Å². The smallest absolute Gasteiger partial charge is 0.222 e. The second-order valence-electron chi connectivity index (χ2n) is 3.31. The fraction of sp³-hybridized carbons (Fsp3) is 0. The average Bonchev–Trinajstić information content (AvgIpc) is 2.32. The molecular formula is C12H10N4O. The van der Waals surface area contributed by atoms with Crippen LogP contribution in [0.5, 0.6) is 5.75 Å². The van der Waals surface area contributed by atoms with Crippen LogP contribution in [0.2, 0.25) is 0 Å². The number of anilines is 3. The average molecular weight is 226 g/mol. The lowest BCUT2D eigenvalue weighted by Gasteiger charge is -2.07. The van der Waals surface area contributed by atoms with Gasteiger partial charge in [-0.15, -0.1) is 6.42 Å². The van der Waals surface area contributed by atoms with Gasteiger partial charge in [-0.3, -0.25) is 0 Å². The molecule has 5 heteroatoms. The minimum absolute atomic E-state index is 0.144. The third kappa shape index (κ3) is 2.44. The first kappa shape index (κ1) is 10.8. The zero-order chi connectivity index (χ0) is 12.3. The first-order valence-corrected chi connectivity index (χ1v) is 4.84. The van der Waals surface area contributed by atoms with Gasteiger partial charge in [-0.05, 0) is 24.3 Å². The van der Waals surface area contributed by atoms with Crippen molar-refractivity contribution in [2.75, 3.05) is 11.1 Å². The summed E-state index contributed by atoms with van der Waals surface area (Å²) >= 11 is 0. The Hall–Kier alpha value is -2.74. The maximum absolute atomic E-state index is 9.16. The molecule has 0 unspecified atom stereocenters.